The molecule has 0 fully saturated rings. The normalized spacial score (nSPS) is 12.0. The molecule has 255 valence electrons. The van der Waals surface area contributed by atoms with E-state index in [1.54, 1.807) is 35.7 Å². The number of halogens is 1. The van der Waals surface area contributed by atoms with Gasteiger partial charge >= 0.3 is 0 Å². The van der Waals surface area contributed by atoms with Gasteiger partial charge in [-0.15, -0.1) is 59.7 Å². The van der Waals surface area contributed by atoms with Crippen molar-refractivity contribution in [3.05, 3.63) is 174 Å². The van der Waals surface area contributed by atoms with Gasteiger partial charge in [0.15, 0.2) is 0 Å². The Kier molecular flexibility index (Phi) is 10.4. The van der Waals surface area contributed by atoms with Gasteiger partial charge in [0.25, 0.3) is 0 Å². The number of aryl methyl sites for hydroxylation is 1. The molecule has 3 heterocycles. The standard InChI is InChI=1S/C30H19FNS.C15H18NSi.Ir/c31-23-10-4-7-20(18-23)17-21-15-16-32-27(19-21)25-12-5-13-26-29-24(22-8-2-1-3-9-22)11-6-14-28(29)33-30(25)26;1-12-10-14(13-8-6-5-7-9-13)16-11-15(12)17(2,3)4;/h1-11,13-16,18-19H,17H2;5-8,10-11H,1-4H3;/q2*-1;/i17D2;;. The van der Waals surface area contributed by atoms with Crippen LogP contribution in [0, 0.1) is 24.9 Å². The average Bonchev–Trinajstić information content (AvgIpc) is 3.55. The molecule has 51 heavy (non-hydrogen) atoms. The Labute approximate surface area is 321 Å². The van der Waals surface area contributed by atoms with Crippen LogP contribution in [0.1, 0.15) is 19.4 Å². The summed E-state index contributed by atoms with van der Waals surface area (Å²) in [6.45, 7) is 9.24. The second-order valence-electron chi connectivity index (χ2n) is 13.2. The molecule has 0 N–H and O–H groups in total. The molecule has 1 radical (unpaired) electrons. The minimum atomic E-state index is -1.87. The van der Waals surface area contributed by atoms with Gasteiger partial charge in [0.2, 0.25) is 0 Å². The molecule has 3 aromatic heterocycles. The number of aromatic nitrogens is 2. The van der Waals surface area contributed by atoms with Crippen LogP contribution in [0.25, 0.3) is 53.8 Å². The number of nitrogens with zero attached hydrogens (tertiary/aromatic N) is 2. The maximum absolute atomic E-state index is 13.8. The zero-order chi connectivity index (χ0) is 36.5. The molecule has 0 unspecified atom stereocenters. The van der Waals surface area contributed by atoms with Crippen LogP contribution in [0.3, 0.4) is 0 Å². The SMILES string of the molecule is Cc1cc(-c2[c-]cccc2)ncc1[Si](C)(C)C.[2H]C([2H])(c1cccc(F)c1)c1ccnc(-c2[c-]ccc3c2sc2cccc(-c4ccccc4)c23)c1.[Ir]. The van der Waals surface area contributed by atoms with Crippen molar-refractivity contribution < 1.29 is 27.2 Å². The molecule has 8 aromatic rings. The van der Waals surface area contributed by atoms with Gasteiger partial charge in [-0.05, 0) is 86.5 Å². The topological polar surface area (TPSA) is 25.8 Å². The van der Waals surface area contributed by atoms with Gasteiger partial charge < -0.3 is 9.97 Å². The summed E-state index contributed by atoms with van der Waals surface area (Å²) in [5.74, 6) is -0.460. The molecule has 8 rings (SSSR count). The van der Waals surface area contributed by atoms with Crippen LogP contribution in [0.5, 0.6) is 0 Å². The van der Waals surface area contributed by atoms with E-state index in [2.05, 4.69) is 103 Å². The van der Waals surface area contributed by atoms with Crippen LogP contribution in [0.2, 0.25) is 19.6 Å². The summed E-state index contributed by atoms with van der Waals surface area (Å²) in [5, 5.41) is 3.76. The predicted octanol–water partition coefficient (Wildman–Crippen LogP) is 11.7. The summed E-state index contributed by atoms with van der Waals surface area (Å²) < 4.78 is 33.4. The molecule has 0 atom stereocenters. The fourth-order valence-corrected chi connectivity index (χ4v) is 9.20. The number of benzene rings is 5. The third-order valence-electron chi connectivity index (χ3n) is 8.57. The first-order valence-corrected chi connectivity index (χ1v) is 20.9. The van der Waals surface area contributed by atoms with Crippen molar-refractivity contribution in [1.82, 2.24) is 9.97 Å². The van der Waals surface area contributed by atoms with Gasteiger partial charge in [0.05, 0.1) is 8.07 Å². The zero-order valence-corrected chi connectivity index (χ0v) is 33.0. The van der Waals surface area contributed by atoms with Crippen LogP contribution >= 0.6 is 11.3 Å². The number of hydrogen-bond acceptors (Lipinski definition) is 3. The maximum atomic E-state index is 13.8. The van der Waals surface area contributed by atoms with E-state index in [9.17, 15) is 4.39 Å². The Morgan fingerprint density at radius 3 is 2.29 bits per heavy atom. The third-order valence-corrected chi connectivity index (χ3v) is 11.9. The summed E-state index contributed by atoms with van der Waals surface area (Å²) in [6, 6.07) is 46.5. The summed E-state index contributed by atoms with van der Waals surface area (Å²) in [6.07, 6.45) is 1.79. The molecule has 0 aliphatic heterocycles. The molecule has 5 aromatic carbocycles. The van der Waals surface area contributed by atoms with Crippen LogP contribution in [-0.2, 0) is 26.5 Å². The Morgan fingerprint density at radius 1 is 0.765 bits per heavy atom. The molecule has 6 heteroatoms. The van der Waals surface area contributed by atoms with Crippen molar-refractivity contribution in [1.29, 1.82) is 0 Å². The Balaban J connectivity index is 0.000000226. The van der Waals surface area contributed by atoms with Gasteiger partial charge in [-0.25, -0.2) is 4.39 Å². The molecule has 0 bridgehead atoms. The summed E-state index contributed by atoms with van der Waals surface area (Å²) in [5.41, 5.74) is 7.94. The van der Waals surface area contributed by atoms with Gasteiger partial charge in [0, 0.05) is 39.9 Å². The Hall–Kier alpha value is -4.58. The fourth-order valence-electron chi connectivity index (χ4n) is 6.26. The minimum absolute atomic E-state index is 0. The van der Waals surface area contributed by atoms with Crippen LogP contribution < -0.4 is 5.19 Å². The molecule has 0 spiro atoms. The van der Waals surface area contributed by atoms with E-state index in [0.29, 0.717) is 11.3 Å². The van der Waals surface area contributed by atoms with Crippen molar-refractivity contribution in [2.24, 2.45) is 0 Å². The van der Waals surface area contributed by atoms with Gasteiger partial charge in [-0.3, -0.25) is 0 Å². The van der Waals surface area contributed by atoms with E-state index in [-0.39, 0.29) is 25.7 Å². The van der Waals surface area contributed by atoms with Crippen molar-refractivity contribution >= 4 is 44.8 Å². The molecule has 0 saturated heterocycles. The molecule has 0 aliphatic rings. The van der Waals surface area contributed by atoms with Gasteiger partial charge in [0.1, 0.15) is 5.82 Å². The summed E-state index contributed by atoms with van der Waals surface area (Å²) in [4.78, 5) is 9.15. The molecule has 0 saturated carbocycles. The summed E-state index contributed by atoms with van der Waals surface area (Å²) in [7, 11) is -1.27. The quantitative estimate of drug-likeness (QED) is 0.123. The molecular formula is C45H37FIrN2SSi-2. The molecule has 0 amide bonds. The number of pyridine rings is 2. The monoisotopic (exact) mass is 879 g/mol. The van der Waals surface area contributed by atoms with E-state index < -0.39 is 20.3 Å². The predicted molar refractivity (Wildman–Crippen MR) is 212 cm³/mol. The number of hydrogen-bond donors (Lipinski definition) is 0. The number of thiophene rings is 1. The van der Waals surface area contributed by atoms with Crippen LogP contribution in [0.4, 0.5) is 4.39 Å². The van der Waals surface area contributed by atoms with Crippen molar-refractivity contribution in [2.45, 2.75) is 32.9 Å². The van der Waals surface area contributed by atoms with Crippen molar-refractivity contribution in [3.63, 3.8) is 0 Å². The van der Waals surface area contributed by atoms with E-state index >= 15 is 0 Å². The first-order chi connectivity index (χ1) is 25.0. The second-order valence-corrected chi connectivity index (χ2v) is 19.3. The smallest absolute Gasteiger partial charge is 0.123 e. The first kappa shape index (κ1) is 33.6. The van der Waals surface area contributed by atoms with E-state index in [1.807, 2.05) is 42.5 Å². The van der Waals surface area contributed by atoms with Crippen molar-refractivity contribution in [2.75, 3.05) is 0 Å². The number of rotatable bonds is 6. The average molecular weight is 879 g/mol. The molecular weight excluding hydrogens is 840 g/mol. The molecule has 0 aliphatic carbocycles. The van der Waals surface area contributed by atoms with E-state index in [0.717, 1.165) is 32.5 Å². The zero-order valence-electron chi connectivity index (χ0n) is 30.8. The van der Waals surface area contributed by atoms with Crippen molar-refractivity contribution in [3.8, 4) is 33.6 Å². The summed E-state index contributed by atoms with van der Waals surface area (Å²) >= 11 is 1.69. The number of fused-ring (bicyclic) bond motifs is 3. The largest absolute Gasteiger partial charge is 0.305 e. The van der Waals surface area contributed by atoms with Gasteiger partial charge in [-0.2, -0.15) is 11.3 Å². The molecule has 2 nitrogen and oxygen atoms in total. The third kappa shape index (κ3) is 8.16. The first-order valence-electron chi connectivity index (χ1n) is 17.6. The Bertz CT molecular complexity index is 2520. The fraction of sp³-hybridized carbons (Fsp3) is 0.111. The minimum Gasteiger partial charge on any atom is -0.305 e. The van der Waals surface area contributed by atoms with E-state index in [4.69, 9.17) is 2.74 Å². The Morgan fingerprint density at radius 2 is 1.55 bits per heavy atom. The van der Waals surface area contributed by atoms with E-state index in [1.165, 1.54) is 44.6 Å². The van der Waals surface area contributed by atoms with Gasteiger partial charge in [-0.1, -0.05) is 97.3 Å². The second kappa shape index (κ2) is 15.8. The van der Waals surface area contributed by atoms with Crippen LogP contribution in [-0.4, -0.2) is 18.0 Å². The van der Waals surface area contributed by atoms with Crippen LogP contribution in [0.15, 0.2) is 140 Å². The maximum Gasteiger partial charge on any atom is 0.123 e.